The van der Waals surface area contributed by atoms with Crippen molar-refractivity contribution in [3.8, 4) is 28.0 Å². The van der Waals surface area contributed by atoms with E-state index in [2.05, 4.69) is 152 Å². The van der Waals surface area contributed by atoms with E-state index in [0.29, 0.717) is 23.7 Å². The van der Waals surface area contributed by atoms with Gasteiger partial charge in [-0.05, 0) is 145 Å². The van der Waals surface area contributed by atoms with E-state index >= 15 is 0 Å². The smallest absolute Gasteiger partial charge is 0.134 e. The maximum Gasteiger partial charge on any atom is 0.134 e. The van der Waals surface area contributed by atoms with Crippen LogP contribution < -0.4 is 4.74 Å². The molecule has 4 atom stereocenters. The fraction of sp³-hybridized carbons (Fsp3) is 0.500. The first-order valence-corrected chi connectivity index (χ1v) is 28.5. The number of hydrogen-bond donors (Lipinski definition) is 1. The van der Waals surface area contributed by atoms with E-state index in [0.717, 1.165) is 48.1 Å². The molecule has 0 heterocycles. The maximum absolute atomic E-state index is 11.4. The number of fused-ring (bicyclic) bond motifs is 4. The summed E-state index contributed by atoms with van der Waals surface area (Å²) in [6.07, 6.45) is 24.1. The number of rotatable bonds is 28. The zero-order chi connectivity index (χ0) is 49.6. The number of ether oxygens (including phenoxy) is 1. The van der Waals surface area contributed by atoms with Crippen LogP contribution in [0.25, 0.3) is 65.3 Å². The van der Waals surface area contributed by atoms with Gasteiger partial charge in [-0.1, -0.05) is 231 Å². The van der Waals surface area contributed by atoms with Crippen LogP contribution in [0.15, 0.2) is 97.1 Å². The monoisotopic (exact) mass is 939 g/mol. The number of methoxy groups -OCH3 is 1. The van der Waals surface area contributed by atoms with E-state index in [1.165, 1.54) is 179 Å². The summed E-state index contributed by atoms with van der Waals surface area (Å²) in [6, 6.07) is 38.0. The van der Waals surface area contributed by atoms with Gasteiger partial charge in [-0.25, -0.2) is 0 Å². The third-order valence-corrected chi connectivity index (χ3v) is 16.7. The highest BCUT2D eigenvalue weighted by Gasteiger charge is 2.26. The summed E-state index contributed by atoms with van der Waals surface area (Å²) in [7, 11) is 1.88. The molecule has 7 aromatic carbocycles. The van der Waals surface area contributed by atoms with Crippen LogP contribution in [0.2, 0.25) is 0 Å². The average Bonchev–Trinajstić information content (AvgIpc) is 3.39. The van der Waals surface area contributed by atoms with Crippen LogP contribution in [-0.4, -0.2) is 12.2 Å². The molecule has 0 aliphatic carbocycles. The normalized spacial score (nSPS) is 13.7. The molecule has 0 aliphatic rings. The van der Waals surface area contributed by atoms with Crippen LogP contribution in [0.3, 0.4) is 0 Å². The Hall–Kier alpha value is -4.66. The van der Waals surface area contributed by atoms with Crippen molar-refractivity contribution in [2.75, 3.05) is 7.11 Å². The van der Waals surface area contributed by atoms with Crippen molar-refractivity contribution in [1.29, 1.82) is 0 Å². The second-order valence-corrected chi connectivity index (χ2v) is 21.4. The molecule has 2 nitrogen and oxygen atoms in total. The molecule has 2 heteroatoms. The lowest BCUT2D eigenvalue weighted by molar-refractivity contribution is 0.282. The molecule has 0 amide bonds. The first-order valence-electron chi connectivity index (χ1n) is 28.5. The minimum atomic E-state index is -0.0567. The number of hydrogen-bond acceptors (Lipinski definition) is 2. The van der Waals surface area contributed by atoms with Crippen LogP contribution in [-0.2, 0) is 32.3 Å². The Morgan fingerprint density at radius 1 is 0.386 bits per heavy atom. The Morgan fingerprint density at radius 2 is 0.671 bits per heavy atom. The van der Waals surface area contributed by atoms with Crippen molar-refractivity contribution in [2.45, 2.75) is 190 Å². The van der Waals surface area contributed by atoms with Gasteiger partial charge in [0.15, 0.2) is 0 Å². The Bertz CT molecular complexity index is 2440. The van der Waals surface area contributed by atoms with Crippen molar-refractivity contribution in [3.05, 3.63) is 125 Å². The molecule has 70 heavy (non-hydrogen) atoms. The minimum absolute atomic E-state index is 0.0567. The van der Waals surface area contributed by atoms with Gasteiger partial charge in [-0.15, -0.1) is 0 Å². The quantitative estimate of drug-likeness (QED) is 0.0496. The van der Waals surface area contributed by atoms with Gasteiger partial charge in [-0.2, -0.15) is 0 Å². The summed E-state index contributed by atoms with van der Waals surface area (Å²) in [5.41, 5.74) is 11.3. The van der Waals surface area contributed by atoms with Gasteiger partial charge < -0.3 is 9.84 Å². The minimum Gasteiger partial charge on any atom is -0.495 e. The molecule has 4 unspecified atom stereocenters. The fourth-order valence-corrected chi connectivity index (χ4v) is 12.3. The summed E-state index contributed by atoms with van der Waals surface area (Å²) < 4.78 is 6.92. The molecule has 374 valence electrons. The highest BCUT2D eigenvalue weighted by molar-refractivity contribution is 6.18. The van der Waals surface area contributed by atoms with E-state index in [1.807, 2.05) is 7.11 Å². The molecule has 0 saturated carbocycles. The number of benzene rings is 7. The van der Waals surface area contributed by atoms with E-state index in [4.69, 9.17) is 4.74 Å². The second-order valence-electron chi connectivity index (χ2n) is 21.4. The number of aliphatic hydroxyl groups is 1. The van der Waals surface area contributed by atoms with Crippen molar-refractivity contribution in [1.82, 2.24) is 0 Å². The summed E-state index contributed by atoms with van der Waals surface area (Å²) in [4.78, 5) is 0. The predicted molar refractivity (Wildman–Crippen MR) is 308 cm³/mol. The molecule has 0 spiro atoms. The molecule has 0 aromatic heterocycles. The fourth-order valence-electron chi connectivity index (χ4n) is 12.3. The number of aliphatic hydroxyl groups excluding tert-OH is 1. The molecule has 0 fully saturated rings. The van der Waals surface area contributed by atoms with Crippen LogP contribution >= 0.6 is 0 Å². The standard InChI is InChI=1S/C68H90O2/c1-10-18-26-47(14-5)38-52-30-22-34-56-60(52)44-61-53(39-48(15-6)27-19-11-2)31-23-35-57(61)66(56)64-42-51(46-69)43-65(68(64)70-9)67-58-36-24-32-54(40-49(16-7)28-20-12-3)62(58)45-63-55(33-25-37-59(63)67)41-50(17-8)29-21-13-4/h22-25,30-37,42-45,47-50,69H,10-21,26-29,38-41,46H2,1-9H3. The zero-order valence-electron chi connectivity index (χ0n) is 45.3. The topological polar surface area (TPSA) is 29.5 Å². The first-order chi connectivity index (χ1) is 34.3. The molecule has 1 N–H and O–H groups in total. The SMILES string of the molecule is CCCCC(CC)Cc1cccc2c(-c3cc(CO)cc(-c4c5cccc(CC(CC)CCCC)c5cc5c(CC(CC)CCCC)cccc45)c3OC)c3cccc(CC(CC)CCCC)c3cc12. The molecule has 0 bridgehead atoms. The van der Waals surface area contributed by atoms with Gasteiger partial charge in [0.25, 0.3) is 0 Å². The van der Waals surface area contributed by atoms with Crippen molar-refractivity contribution in [2.24, 2.45) is 23.7 Å². The van der Waals surface area contributed by atoms with Gasteiger partial charge in [0.1, 0.15) is 5.75 Å². The lowest BCUT2D eigenvalue weighted by Gasteiger charge is -2.24. The van der Waals surface area contributed by atoms with Gasteiger partial charge in [-0.3, -0.25) is 0 Å². The third kappa shape index (κ3) is 12.0. The lowest BCUT2D eigenvalue weighted by Crippen LogP contribution is -2.06. The average molecular weight is 939 g/mol. The van der Waals surface area contributed by atoms with Crippen LogP contribution in [0.5, 0.6) is 5.75 Å². The highest BCUT2D eigenvalue weighted by atomic mass is 16.5. The molecule has 0 radical (unpaired) electrons. The van der Waals surface area contributed by atoms with Gasteiger partial charge in [0, 0.05) is 22.3 Å². The van der Waals surface area contributed by atoms with Gasteiger partial charge >= 0.3 is 0 Å². The summed E-state index contributed by atoms with van der Waals surface area (Å²) in [5.74, 6) is 3.46. The summed E-state index contributed by atoms with van der Waals surface area (Å²) >= 11 is 0. The van der Waals surface area contributed by atoms with Crippen LogP contribution in [0, 0.1) is 23.7 Å². The summed E-state index contributed by atoms with van der Waals surface area (Å²) in [5, 5.41) is 21.9. The Morgan fingerprint density at radius 3 is 0.900 bits per heavy atom. The lowest BCUT2D eigenvalue weighted by atomic mass is 9.81. The summed E-state index contributed by atoms with van der Waals surface area (Å²) in [6.45, 7) is 18.7. The van der Waals surface area contributed by atoms with Crippen LogP contribution in [0.1, 0.15) is 186 Å². The van der Waals surface area contributed by atoms with E-state index in [1.54, 1.807) is 0 Å². The Kier molecular flexibility index (Phi) is 19.9. The Labute approximate surface area is 425 Å². The van der Waals surface area contributed by atoms with Gasteiger partial charge in [0.05, 0.1) is 13.7 Å². The van der Waals surface area contributed by atoms with Gasteiger partial charge in [0.2, 0.25) is 0 Å². The Balaban J connectivity index is 1.58. The van der Waals surface area contributed by atoms with Crippen LogP contribution in [0.4, 0.5) is 0 Å². The highest BCUT2D eigenvalue weighted by Crippen LogP contribution is 2.50. The molecule has 7 aromatic rings. The molecule has 0 aliphatic heterocycles. The maximum atomic E-state index is 11.4. The molecule has 7 rings (SSSR count). The predicted octanol–water partition coefficient (Wildman–Crippen LogP) is 20.2. The second kappa shape index (κ2) is 26.2. The van der Waals surface area contributed by atoms with Crippen molar-refractivity contribution >= 4 is 43.1 Å². The van der Waals surface area contributed by atoms with Crippen molar-refractivity contribution < 1.29 is 9.84 Å². The molecular formula is C68H90O2. The zero-order valence-corrected chi connectivity index (χ0v) is 45.3. The van der Waals surface area contributed by atoms with E-state index < -0.39 is 0 Å². The van der Waals surface area contributed by atoms with E-state index in [9.17, 15) is 5.11 Å². The molecular weight excluding hydrogens is 849 g/mol. The number of unbranched alkanes of at least 4 members (excludes halogenated alkanes) is 4. The first kappa shape index (κ1) is 53.1. The third-order valence-electron chi connectivity index (χ3n) is 16.7. The van der Waals surface area contributed by atoms with Crippen molar-refractivity contribution in [3.63, 3.8) is 0 Å². The molecule has 0 saturated heterocycles. The van der Waals surface area contributed by atoms with E-state index in [-0.39, 0.29) is 6.61 Å². The largest absolute Gasteiger partial charge is 0.495 e.